The van der Waals surface area contributed by atoms with Gasteiger partial charge in [0.05, 0.1) is 25.4 Å². The van der Waals surface area contributed by atoms with Gasteiger partial charge in [0.15, 0.2) is 0 Å². The lowest BCUT2D eigenvalue weighted by molar-refractivity contribution is -0.143. The lowest BCUT2D eigenvalue weighted by Crippen LogP contribution is -2.45. The highest BCUT2D eigenvalue weighted by molar-refractivity contribution is 5.76. The first-order valence-corrected chi connectivity index (χ1v) is 35.9. The van der Waals surface area contributed by atoms with Crippen molar-refractivity contribution in [3.63, 3.8) is 0 Å². The third-order valence-corrected chi connectivity index (χ3v) is 16.5. The predicted molar refractivity (Wildman–Crippen MR) is 352 cm³/mol. The van der Waals surface area contributed by atoms with Gasteiger partial charge < -0.3 is 20.3 Å². The molecule has 0 aromatic rings. The van der Waals surface area contributed by atoms with Gasteiger partial charge in [-0.05, 0) is 83.5 Å². The van der Waals surface area contributed by atoms with Gasteiger partial charge in [0.2, 0.25) is 5.91 Å². The standard InChI is InChI=1S/C74H139NO5/c1-3-5-7-9-11-13-15-17-18-19-20-21-30-33-36-39-43-46-50-54-58-62-66-72(77)71(70-76)75-73(78)67-63-59-55-51-47-44-40-37-34-31-28-26-24-22-23-25-27-29-32-35-38-41-45-49-53-57-61-65-69-80-74(79)68-64-60-56-52-48-42-16-14-12-10-8-6-4-2/h8,10,14,16,22-23,62,66,71-72,76-77H,3-7,9,11-13,15,17-21,24-61,63-65,67-70H2,1-2H3,(H,75,78)/b10-8-,16-14-,23-22-,66-62+. The van der Waals surface area contributed by atoms with Crippen LogP contribution in [0.1, 0.15) is 386 Å². The number of allylic oxidation sites excluding steroid dienone is 7. The van der Waals surface area contributed by atoms with Crippen LogP contribution < -0.4 is 5.32 Å². The molecular weight excluding hydrogens is 983 g/mol. The van der Waals surface area contributed by atoms with Crippen molar-refractivity contribution in [3.8, 4) is 0 Å². The van der Waals surface area contributed by atoms with Crippen LogP contribution >= 0.6 is 0 Å². The second-order valence-electron chi connectivity index (χ2n) is 24.6. The fourth-order valence-electron chi connectivity index (χ4n) is 11.1. The molecule has 2 unspecified atom stereocenters. The predicted octanol–water partition coefficient (Wildman–Crippen LogP) is 23.3. The summed E-state index contributed by atoms with van der Waals surface area (Å²) in [6, 6.07) is -0.630. The molecule has 80 heavy (non-hydrogen) atoms. The Labute approximate surface area is 499 Å². The number of aliphatic hydroxyl groups is 2. The number of rotatable bonds is 67. The van der Waals surface area contributed by atoms with Crippen LogP contribution in [0.4, 0.5) is 0 Å². The second kappa shape index (κ2) is 69.3. The van der Waals surface area contributed by atoms with E-state index in [1.807, 2.05) is 6.08 Å². The van der Waals surface area contributed by atoms with Crippen LogP contribution in [-0.4, -0.2) is 47.4 Å². The average Bonchev–Trinajstić information content (AvgIpc) is 3.46. The second-order valence-corrected chi connectivity index (χ2v) is 24.6. The van der Waals surface area contributed by atoms with E-state index in [0.717, 1.165) is 51.4 Å². The molecular formula is C74H139NO5. The first-order valence-electron chi connectivity index (χ1n) is 35.9. The summed E-state index contributed by atoms with van der Waals surface area (Å²) in [5.74, 6) is -0.0643. The molecule has 0 saturated carbocycles. The number of ether oxygens (including phenoxy) is 1. The Balaban J connectivity index is 3.41. The van der Waals surface area contributed by atoms with E-state index >= 15 is 0 Å². The maximum Gasteiger partial charge on any atom is 0.305 e. The van der Waals surface area contributed by atoms with Crippen LogP contribution in [0.3, 0.4) is 0 Å². The van der Waals surface area contributed by atoms with Crippen molar-refractivity contribution in [2.45, 2.75) is 398 Å². The zero-order valence-corrected chi connectivity index (χ0v) is 53.8. The van der Waals surface area contributed by atoms with Crippen molar-refractivity contribution < 1.29 is 24.5 Å². The molecule has 6 nitrogen and oxygen atoms in total. The summed E-state index contributed by atoms with van der Waals surface area (Å²) >= 11 is 0. The van der Waals surface area contributed by atoms with Crippen LogP contribution in [0, 0.1) is 0 Å². The number of carbonyl (C=O) groups excluding carboxylic acids is 2. The molecule has 0 aliphatic carbocycles. The van der Waals surface area contributed by atoms with Gasteiger partial charge in [0.25, 0.3) is 0 Å². The van der Waals surface area contributed by atoms with E-state index in [-0.39, 0.29) is 18.5 Å². The van der Waals surface area contributed by atoms with Crippen molar-refractivity contribution in [1.29, 1.82) is 0 Å². The van der Waals surface area contributed by atoms with Crippen molar-refractivity contribution in [2.75, 3.05) is 13.2 Å². The summed E-state index contributed by atoms with van der Waals surface area (Å²) in [5.41, 5.74) is 0. The van der Waals surface area contributed by atoms with Crippen molar-refractivity contribution >= 4 is 11.9 Å². The topological polar surface area (TPSA) is 95.9 Å². The number of hydrogen-bond donors (Lipinski definition) is 3. The highest BCUT2D eigenvalue weighted by Crippen LogP contribution is 2.18. The van der Waals surface area contributed by atoms with Gasteiger partial charge in [-0.3, -0.25) is 9.59 Å². The largest absolute Gasteiger partial charge is 0.466 e. The summed E-state index contributed by atoms with van der Waals surface area (Å²) in [4.78, 5) is 24.6. The molecule has 1 amide bonds. The molecule has 3 N–H and O–H groups in total. The van der Waals surface area contributed by atoms with E-state index in [4.69, 9.17) is 4.74 Å². The van der Waals surface area contributed by atoms with Crippen LogP contribution in [0.2, 0.25) is 0 Å². The summed E-state index contributed by atoms with van der Waals surface area (Å²) in [6.07, 6.45) is 90.5. The number of esters is 1. The quantitative estimate of drug-likeness (QED) is 0.0320. The average molecular weight is 1120 g/mol. The molecule has 0 aliphatic heterocycles. The van der Waals surface area contributed by atoms with Gasteiger partial charge >= 0.3 is 5.97 Å². The summed E-state index contributed by atoms with van der Waals surface area (Å²) in [5, 5.41) is 23.3. The number of nitrogens with one attached hydrogen (secondary N) is 1. The van der Waals surface area contributed by atoms with Crippen molar-refractivity contribution in [3.05, 3.63) is 48.6 Å². The molecule has 0 saturated heterocycles. The SMILES string of the molecule is CCC/C=C\C/C=C\CCCCCCCC(=O)OCCCCCCCCCCCCCC/C=C\CCCCCCCCCCCCCCC(=O)NC(CO)C(O)/C=C/CCCCCCCCCCCCCCCCCCCCCC. The molecule has 0 rings (SSSR count). The molecule has 0 fully saturated rings. The fourth-order valence-corrected chi connectivity index (χ4v) is 11.1. The van der Waals surface area contributed by atoms with Gasteiger partial charge in [-0.2, -0.15) is 0 Å². The molecule has 0 radical (unpaired) electrons. The number of hydrogen-bond acceptors (Lipinski definition) is 5. The summed E-state index contributed by atoms with van der Waals surface area (Å²) in [7, 11) is 0. The Bertz CT molecular complexity index is 1340. The van der Waals surface area contributed by atoms with E-state index in [2.05, 4.69) is 55.6 Å². The van der Waals surface area contributed by atoms with Gasteiger partial charge in [-0.15, -0.1) is 0 Å². The Hall–Kier alpha value is -2.18. The minimum Gasteiger partial charge on any atom is -0.466 e. The van der Waals surface area contributed by atoms with Crippen molar-refractivity contribution in [2.24, 2.45) is 0 Å². The Morgan fingerprint density at radius 2 is 0.650 bits per heavy atom. The van der Waals surface area contributed by atoms with E-state index in [1.54, 1.807) is 6.08 Å². The smallest absolute Gasteiger partial charge is 0.305 e. The van der Waals surface area contributed by atoms with Crippen LogP contribution in [0.25, 0.3) is 0 Å². The molecule has 0 heterocycles. The number of carbonyl (C=O) groups is 2. The molecule has 6 heteroatoms. The zero-order valence-electron chi connectivity index (χ0n) is 53.8. The Kier molecular flexibility index (Phi) is 67.4. The molecule has 0 aliphatic rings. The Morgan fingerprint density at radius 3 is 1.01 bits per heavy atom. The normalized spacial score (nSPS) is 12.8. The van der Waals surface area contributed by atoms with Gasteiger partial charge in [-0.1, -0.05) is 339 Å². The highest BCUT2D eigenvalue weighted by atomic mass is 16.5. The molecule has 470 valence electrons. The number of aliphatic hydroxyl groups excluding tert-OH is 2. The van der Waals surface area contributed by atoms with Crippen LogP contribution in [0.5, 0.6) is 0 Å². The monoisotopic (exact) mass is 1120 g/mol. The van der Waals surface area contributed by atoms with Crippen LogP contribution in [0.15, 0.2) is 48.6 Å². The first-order chi connectivity index (χ1) is 39.5. The minimum absolute atomic E-state index is 0.000209. The Morgan fingerprint density at radius 1 is 0.350 bits per heavy atom. The summed E-state index contributed by atoms with van der Waals surface area (Å²) < 4.78 is 5.47. The van der Waals surface area contributed by atoms with E-state index in [9.17, 15) is 19.8 Å². The molecule has 0 bridgehead atoms. The lowest BCUT2D eigenvalue weighted by atomic mass is 10.0. The molecule has 0 aromatic carbocycles. The van der Waals surface area contributed by atoms with Gasteiger partial charge in [0, 0.05) is 12.8 Å². The number of unbranched alkanes of at least 4 members (excludes halogenated alkanes) is 50. The third-order valence-electron chi connectivity index (χ3n) is 16.5. The molecule has 2 atom stereocenters. The van der Waals surface area contributed by atoms with E-state index < -0.39 is 12.1 Å². The zero-order chi connectivity index (χ0) is 57.8. The maximum absolute atomic E-state index is 12.5. The molecule has 0 spiro atoms. The highest BCUT2D eigenvalue weighted by Gasteiger charge is 2.18. The van der Waals surface area contributed by atoms with E-state index in [1.165, 1.54) is 308 Å². The maximum atomic E-state index is 12.5. The van der Waals surface area contributed by atoms with Crippen LogP contribution in [-0.2, 0) is 14.3 Å². The fraction of sp³-hybridized carbons (Fsp3) is 0.865. The minimum atomic E-state index is -0.846. The summed E-state index contributed by atoms with van der Waals surface area (Å²) in [6.45, 7) is 4.86. The first kappa shape index (κ1) is 77.8. The lowest BCUT2D eigenvalue weighted by Gasteiger charge is -2.20. The van der Waals surface area contributed by atoms with E-state index in [0.29, 0.717) is 19.4 Å². The van der Waals surface area contributed by atoms with Gasteiger partial charge in [0.1, 0.15) is 0 Å². The van der Waals surface area contributed by atoms with Crippen molar-refractivity contribution in [1.82, 2.24) is 5.32 Å². The van der Waals surface area contributed by atoms with Gasteiger partial charge in [-0.25, -0.2) is 0 Å². The molecule has 0 aromatic heterocycles. The number of amides is 1. The third kappa shape index (κ3) is 65.0.